The average Bonchev–Trinajstić information content (AvgIpc) is 3.01. The molecule has 18 heavy (non-hydrogen) atoms. The van der Waals surface area contributed by atoms with Crippen molar-refractivity contribution in [1.82, 2.24) is 0 Å². The lowest BCUT2D eigenvalue weighted by Crippen LogP contribution is -2.47. The van der Waals surface area contributed by atoms with Gasteiger partial charge in [-0.05, 0) is 47.5 Å². The number of hydrogen-bond donors (Lipinski definition) is 0. The lowest BCUT2D eigenvalue weighted by Gasteiger charge is -2.46. The summed E-state index contributed by atoms with van der Waals surface area (Å²) in [5, 5.41) is 0. The first-order valence-corrected chi connectivity index (χ1v) is 7.66. The highest BCUT2D eigenvalue weighted by molar-refractivity contribution is 5.44. The van der Waals surface area contributed by atoms with E-state index in [0.29, 0.717) is 6.10 Å². The van der Waals surface area contributed by atoms with Crippen molar-refractivity contribution in [2.45, 2.75) is 18.1 Å². The van der Waals surface area contributed by atoms with Crippen LogP contribution >= 0.6 is 0 Å². The Balaban J connectivity index is 1.58. The molecule has 1 aromatic carbocycles. The van der Waals surface area contributed by atoms with Gasteiger partial charge in [0.2, 0.25) is 0 Å². The summed E-state index contributed by atoms with van der Waals surface area (Å²) in [6.07, 6.45) is 2.23. The summed E-state index contributed by atoms with van der Waals surface area (Å²) in [4.78, 5) is 0. The molecule has 0 amide bonds. The van der Waals surface area contributed by atoms with Crippen molar-refractivity contribution < 1.29 is 4.74 Å². The molecule has 90 valence electrons. The molecule has 5 aliphatic carbocycles. The molecule has 1 heteroatoms. The Kier molecular flexibility index (Phi) is 0.975. The molecule has 8 rings (SSSR count). The van der Waals surface area contributed by atoms with Crippen LogP contribution in [0.1, 0.15) is 12.0 Å². The van der Waals surface area contributed by atoms with Crippen LogP contribution in [-0.4, -0.2) is 6.10 Å². The molecule has 5 saturated carbocycles. The Morgan fingerprint density at radius 3 is 2.67 bits per heavy atom. The van der Waals surface area contributed by atoms with Gasteiger partial charge in [-0.15, -0.1) is 0 Å². The molecule has 10 atom stereocenters. The lowest BCUT2D eigenvalue weighted by atomic mass is 9.56. The molecule has 0 spiro atoms. The van der Waals surface area contributed by atoms with Crippen LogP contribution in [0.4, 0.5) is 0 Å². The molecule has 1 aromatic rings. The van der Waals surface area contributed by atoms with Gasteiger partial charge >= 0.3 is 0 Å². The third-order valence-electron chi connectivity index (χ3n) is 7.93. The van der Waals surface area contributed by atoms with Gasteiger partial charge in [-0.1, -0.05) is 30.3 Å². The van der Waals surface area contributed by atoms with E-state index < -0.39 is 0 Å². The standard InChI is InChI=1S/C17H16O/c1-2-4-7(5-3-1)17-14-9-6-8-10-11(9)15(17)13(10)16(18-17)12(8)14/h1-5,8-16H,6H2/t8-,9+,10-,11+,12+,13-,14+,15-,16-,17+/m1/s1. The Morgan fingerprint density at radius 1 is 0.889 bits per heavy atom. The lowest BCUT2D eigenvalue weighted by molar-refractivity contribution is -0.0356. The van der Waals surface area contributed by atoms with Crippen LogP contribution in [0.25, 0.3) is 0 Å². The van der Waals surface area contributed by atoms with Gasteiger partial charge in [0.1, 0.15) is 5.60 Å². The van der Waals surface area contributed by atoms with Crippen molar-refractivity contribution in [3.63, 3.8) is 0 Å². The maximum atomic E-state index is 6.74. The van der Waals surface area contributed by atoms with Gasteiger partial charge in [0.05, 0.1) is 6.10 Å². The summed E-state index contributed by atoms with van der Waals surface area (Å²) in [5.41, 5.74) is 1.70. The molecule has 0 unspecified atom stereocenters. The van der Waals surface area contributed by atoms with Crippen molar-refractivity contribution in [3.05, 3.63) is 35.9 Å². The van der Waals surface area contributed by atoms with E-state index in [0.717, 1.165) is 47.3 Å². The van der Waals surface area contributed by atoms with E-state index in [9.17, 15) is 0 Å². The van der Waals surface area contributed by atoms with Crippen LogP contribution < -0.4 is 0 Å². The Bertz CT molecular complexity index is 585. The molecular formula is C17H16O. The highest BCUT2D eigenvalue weighted by atomic mass is 16.5. The fourth-order valence-electron chi connectivity index (χ4n) is 8.17. The molecule has 0 aromatic heterocycles. The minimum Gasteiger partial charge on any atom is -0.366 e. The van der Waals surface area contributed by atoms with Crippen LogP contribution in [0.2, 0.25) is 0 Å². The molecule has 2 heterocycles. The first-order chi connectivity index (χ1) is 8.93. The molecular weight excluding hydrogens is 220 g/mol. The second kappa shape index (κ2) is 2.10. The topological polar surface area (TPSA) is 9.23 Å². The summed E-state index contributed by atoms with van der Waals surface area (Å²) in [5.74, 6) is 8.01. The van der Waals surface area contributed by atoms with Crippen LogP contribution in [-0.2, 0) is 10.3 Å². The van der Waals surface area contributed by atoms with Crippen LogP contribution in [0, 0.1) is 47.3 Å². The van der Waals surface area contributed by atoms with Gasteiger partial charge < -0.3 is 4.74 Å². The Hall–Kier alpha value is -0.820. The highest BCUT2D eigenvalue weighted by Gasteiger charge is 2.92. The zero-order valence-corrected chi connectivity index (χ0v) is 10.2. The van der Waals surface area contributed by atoms with E-state index in [1.807, 2.05) is 0 Å². The van der Waals surface area contributed by atoms with E-state index in [-0.39, 0.29) is 5.60 Å². The number of ether oxygens (including phenoxy) is 1. The molecule has 0 radical (unpaired) electrons. The Labute approximate surface area is 107 Å². The molecule has 2 aliphatic heterocycles. The normalized spacial score (nSPS) is 70.6. The largest absolute Gasteiger partial charge is 0.366 e. The van der Waals surface area contributed by atoms with Crippen molar-refractivity contribution in [3.8, 4) is 0 Å². The van der Waals surface area contributed by atoms with E-state index in [4.69, 9.17) is 4.74 Å². The van der Waals surface area contributed by atoms with Crippen molar-refractivity contribution in [2.24, 2.45) is 47.3 Å². The summed E-state index contributed by atoms with van der Waals surface area (Å²) in [6.45, 7) is 0. The molecule has 7 fully saturated rings. The van der Waals surface area contributed by atoms with E-state index in [1.54, 1.807) is 6.42 Å². The zero-order valence-electron chi connectivity index (χ0n) is 10.2. The second-order valence-corrected chi connectivity index (χ2v) is 7.67. The van der Waals surface area contributed by atoms with Gasteiger partial charge in [0.25, 0.3) is 0 Å². The van der Waals surface area contributed by atoms with Crippen LogP contribution in [0.5, 0.6) is 0 Å². The smallest absolute Gasteiger partial charge is 0.100 e. The van der Waals surface area contributed by atoms with Gasteiger partial charge in [0, 0.05) is 11.8 Å². The van der Waals surface area contributed by atoms with Crippen LogP contribution in [0.3, 0.4) is 0 Å². The van der Waals surface area contributed by atoms with Gasteiger partial charge in [0.15, 0.2) is 0 Å². The monoisotopic (exact) mass is 236 g/mol. The third-order valence-corrected chi connectivity index (χ3v) is 7.93. The number of hydrogen-bond acceptors (Lipinski definition) is 1. The fraction of sp³-hybridized carbons (Fsp3) is 0.647. The zero-order chi connectivity index (χ0) is 11.2. The van der Waals surface area contributed by atoms with Crippen molar-refractivity contribution >= 4 is 0 Å². The molecule has 7 aliphatic rings. The molecule has 0 N–H and O–H groups in total. The van der Waals surface area contributed by atoms with Gasteiger partial charge in [-0.3, -0.25) is 0 Å². The van der Waals surface area contributed by atoms with Crippen molar-refractivity contribution in [2.75, 3.05) is 0 Å². The van der Waals surface area contributed by atoms with Gasteiger partial charge in [-0.2, -0.15) is 0 Å². The Morgan fingerprint density at radius 2 is 1.78 bits per heavy atom. The average molecular weight is 236 g/mol. The quantitative estimate of drug-likeness (QED) is 0.728. The van der Waals surface area contributed by atoms with E-state index >= 15 is 0 Å². The minimum absolute atomic E-state index is 0.179. The molecule has 2 saturated heterocycles. The van der Waals surface area contributed by atoms with E-state index in [2.05, 4.69) is 30.3 Å². The maximum absolute atomic E-state index is 6.74. The first kappa shape index (κ1) is 8.37. The summed E-state index contributed by atoms with van der Waals surface area (Å²) >= 11 is 0. The second-order valence-electron chi connectivity index (χ2n) is 7.67. The third kappa shape index (κ3) is 0.499. The summed E-state index contributed by atoms with van der Waals surface area (Å²) < 4.78 is 6.74. The first-order valence-electron chi connectivity index (χ1n) is 7.66. The summed E-state index contributed by atoms with van der Waals surface area (Å²) in [7, 11) is 0. The SMILES string of the molecule is c1ccc([C@@]23O[C@H]4[C@@H]5[C@@H]6[C@H]7C[C@@H]([C@@H]6[C@H]52)[C@H]3[C@H]74)cc1. The number of rotatable bonds is 1. The van der Waals surface area contributed by atoms with Crippen LogP contribution in [0.15, 0.2) is 30.3 Å². The molecule has 4 bridgehead atoms. The minimum atomic E-state index is 0.179. The number of benzene rings is 1. The maximum Gasteiger partial charge on any atom is 0.100 e. The van der Waals surface area contributed by atoms with Gasteiger partial charge in [-0.25, -0.2) is 0 Å². The predicted molar refractivity (Wildman–Crippen MR) is 65.5 cm³/mol. The highest BCUT2D eigenvalue weighted by Crippen LogP contribution is 2.92. The summed E-state index contributed by atoms with van der Waals surface area (Å²) in [6, 6.07) is 11.2. The van der Waals surface area contributed by atoms with Crippen molar-refractivity contribution in [1.29, 1.82) is 0 Å². The predicted octanol–water partition coefficient (Wildman–Crippen LogP) is 2.67. The fourth-order valence-corrected chi connectivity index (χ4v) is 8.17. The molecule has 1 nitrogen and oxygen atoms in total. The van der Waals surface area contributed by atoms with E-state index in [1.165, 1.54) is 5.56 Å².